The molecule has 0 spiro atoms. The second kappa shape index (κ2) is 11.1. The zero-order chi connectivity index (χ0) is 25.6. The molecule has 6 nitrogen and oxygen atoms in total. The molecule has 32 heavy (non-hydrogen) atoms. The van der Waals surface area contributed by atoms with E-state index in [0.29, 0.717) is 25.1 Å². The molecule has 0 amide bonds. The molecule has 0 radical (unpaired) electrons. The van der Waals surface area contributed by atoms with Crippen LogP contribution in [0.2, 0.25) is 0 Å². The van der Waals surface area contributed by atoms with E-state index < -0.39 is 22.7 Å². The first-order valence-corrected chi connectivity index (χ1v) is 11.6. The first-order chi connectivity index (χ1) is 14.1. The van der Waals surface area contributed by atoms with Gasteiger partial charge in [-0.1, -0.05) is 48.1 Å². The van der Waals surface area contributed by atoms with Crippen LogP contribution in [0.15, 0.2) is 12.2 Å². The lowest BCUT2D eigenvalue weighted by Crippen LogP contribution is -2.48. The minimum atomic E-state index is -0.658. The maximum absolute atomic E-state index is 13.3. The van der Waals surface area contributed by atoms with Crippen LogP contribution in [-0.4, -0.2) is 43.0 Å². The fourth-order valence-corrected chi connectivity index (χ4v) is 3.34. The Morgan fingerprint density at radius 1 is 0.875 bits per heavy atom. The molecule has 0 aromatic rings. The smallest absolute Gasteiger partial charge is 0.333 e. The molecule has 1 unspecified atom stereocenters. The molecular weight excluding hydrogens is 406 g/mol. The fourth-order valence-electron chi connectivity index (χ4n) is 3.34. The fraction of sp³-hybridized carbons (Fsp3) is 0.846. The molecule has 0 heterocycles. The molecule has 0 aliphatic carbocycles. The number of ether oxygens (including phenoxy) is 3. The van der Waals surface area contributed by atoms with E-state index in [2.05, 4.69) is 53.4 Å². The molecule has 0 aromatic heterocycles. The van der Waals surface area contributed by atoms with Crippen molar-refractivity contribution in [3.05, 3.63) is 12.2 Å². The SMILES string of the molecule is C=C(C)C(=O)OCCNC(C)(C)OCCC(C)(C)OC(=O)C(C)(CC(C)(C)C)C(C)(C)C. The first-order valence-electron chi connectivity index (χ1n) is 11.6. The minimum absolute atomic E-state index is 0.00267. The second-order valence-corrected chi connectivity index (χ2v) is 12.4. The molecule has 0 fully saturated rings. The zero-order valence-corrected chi connectivity index (χ0v) is 22.8. The largest absolute Gasteiger partial charge is 0.461 e. The Morgan fingerprint density at radius 2 is 1.41 bits per heavy atom. The van der Waals surface area contributed by atoms with E-state index in [1.807, 2.05) is 34.6 Å². The number of esters is 2. The highest BCUT2D eigenvalue weighted by Gasteiger charge is 2.49. The van der Waals surface area contributed by atoms with Gasteiger partial charge in [0.25, 0.3) is 0 Å². The summed E-state index contributed by atoms with van der Waals surface area (Å²) in [6, 6.07) is 0. The van der Waals surface area contributed by atoms with Gasteiger partial charge < -0.3 is 14.2 Å². The van der Waals surface area contributed by atoms with Gasteiger partial charge in [0.15, 0.2) is 0 Å². The zero-order valence-electron chi connectivity index (χ0n) is 22.8. The van der Waals surface area contributed by atoms with Crippen LogP contribution in [0.3, 0.4) is 0 Å². The number of nitrogens with one attached hydrogen (secondary N) is 1. The van der Waals surface area contributed by atoms with Gasteiger partial charge in [0.1, 0.15) is 17.9 Å². The molecule has 0 aromatic carbocycles. The Balaban J connectivity index is 4.81. The van der Waals surface area contributed by atoms with Crippen LogP contribution in [0, 0.1) is 16.2 Å². The van der Waals surface area contributed by atoms with Gasteiger partial charge in [-0.05, 0) is 58.8 Å². The Hall–Kier alpha value is -1.40. The van der Waals surface area contributed by atoms with Crippen molar-refractivity contribution in [1.29, 1.82) is 0 Å². The molecule has 0 aliphatic heterocycles. The molecule has 0 saturated heterocycles. The van der Waals surface area contributed by atoms with Crippen molar-refractivity contribution in [2.24, 2.45) is 16.2 Å². The Bertz CT molecular complexity index is 652. The highest BCUT2D eigenvalue weighted by Crippen LogP contribution is 2.48. The molecular formula is C26H49NO5. The Morgan fingerprint density at radius 3 is 1.84 bits per heavy atom. The van der Waals surface area contributed by atoms with Gasteiger partial charge in [0.2, 0.25) is 0 Å². The maximum atomic E-state index is 13.3. The average molecular weight is 456 g/mol. The Labute approximate surface area is 196 Å². The van der Waals surface area contributed by atoms with Crippen LogP contribution in [-0.2, 0) is 23.8 Å². The Kier molecular flexibility index (Phi) is 10.7. The summed E-state index contributed by atoms with van der Waals surface area (Å²) < 4.78 is 17.1. The highest BCUT2D eigenvalue weighted by molar-refractivity contribution is 5.86. The lowest BCUT2D eigenvalue weighted by molar-refractivity contribution is -0.180. The number of carbonyl (C=O) groups is 2. The molecule has 6 heteroatoms. The minimum Gasteiger partial charge on any atom is -0.461 e. The van der Waals surface area contributed by atoms with Crippen LogP contribution in [0.25, 0.3) is 0 Å². The quantitative estimate of drug-likeness (QED) is 0.177. The van der Waals surface area contributed by atoms with Crippen LogP contribution in [0.4, 0.5) is 0 Å². The van der Waals surface area contributed by atoms with Crippen molar-refractivity contribution in [2.75, 3.05) is 19.8 Å². The van der Waals surface area contributed by atoms with Crippen molar-refractivity contribution >= 4 is 11.9 Å². The third-order valence-electron chi connectivity index (χ3n) is 5.76. The van der Waals surface area contributed by atoms with E-state index in [-0.39, 0.29) is 23.4 Å². The number of hydrogen-bond acceptors (Lipinski definition) is 6. The van der Waals surface area contributed by atoms with Gasteiger partial charge in [-0.2, -0.15) is 0 Å². The van der Waals surface area contributed by atoms with Crippen molar-refractivity contribution < 1.29 is 23.8 Å². The summed E-state index contributed by atoms with van der Waals surface area (Å²) in [4.78, 5) is 24.7. The van der Waals surface area contributed by atoms with Crippen molar-refractivity contribution in [3.63, 3.8) is 0 Å². The number of hydrogen-bond donors (Lipinski definition) is 1. The second-order valence-electron chi connectivity index (χ2n) is 12.4. The molecule has 0 saturated carbocycles. The van der Waals surface area contributed by atoms with Crippen molar-refractivity contribution in [3.8, 4) is 0 Å². The van der Waals surface area contributed by atoms with Crippen LogP contribution in [0.5, 0.6) is 0 Å². The van der Waals surface area contributed by atoms with E-state index in [1.54, 1.807) is 6.92 Å². The van der Waals surface area contributed by atoms with Gasteiger partial charge in [-0.3, -0.25) is 10.1 Å². The summed E-state index contributed by atoms with van der Waals surface area (Å²) in [6.07, 6.45) is 1.30. The van der Waals surface area contributed by atoms with E-state index >= 15 is 0 Å². The summed E-state index contributed by atoms with van der Waals surface area (Å²) >= 11 is 0. The monoisotopic (exact) mass is 455 g/mol. The maximum Gasteiger partial charge on any atom is 0.333 e. The van der Waals surface area contributed by atoms with E-state index in [0.717, 1.165) is 6.42 Å². The van der Waals surface area contributed by atoms with Crippen LogP contribution in [0.1, 0.15) is 95.9 Å². The lowest BCUT2D eigenvalue weighted by atomic mass is 9.61. The standard InChI is InChI=1S/C26H49NO5/c1-19(2)20(28)30-17-15-27-25(11,12)31-16-14-24(9,10)32-21(29)26(13,23(6,7)8)18-22(3,4)5/h27H,1,14-18H2,2-13H3. The molecule has 1 N–H and O–H groups in total. The third kappa shape index (κ3) is 11.0. The number of rotatable bonds is 12. The number of carbonyl (C=O) groups excluding carboxylic acids is 2. The topological polar surface area (TPSA) is 73.9 Å². The van der Waals surface area contributed by atoms with Crippen LogP contribution >= 0.6 is 0 Å². The average Bonchev–Trinajstić information content (AvgIpc) is 2.54. The molecule has 0 aliphatic rings. The molecule has 1 atom stereocenters. The summed E-state index contributed by atoms with van der Waals surface area (Å²) in [5.41, 5.74) is -1.73. The molecule has 0 rings (SSSR count). The first kappa shape index (κ1) is 30.6. The van der Waals surface area contributed by atoms with Crippen molar-refractivity contribution in [2.45, 2.75) is 107 Å². The molecule has 188 valence electrons. The molecule has 0 bridgehead atoms. The van der Waals surface area contributed by atoms with E-state index in [4.69, 9.17) is 14.2 Å². The summed E-state index contributed by atoms with van der Waals surface area (Å²) in [5, 5.41) is 3.21. The summed E-state index contributed by atoms with van der Waals surface area (Å²) in [6.45, 7) is 28.7. The van der Waals surface area contributed by atoms with Gasteiger partial charge in [0, 0.05) is 18.5 Å². The van der Waals surface area contributed by atoms with E-state index in [1.165, 1.54) is 0 Å². The van der Waals surface area contributed by atoms with Crippen molar-refractivity contribution in [1.82, 2.24) is 5.32 Å². The third-order valence-corrected chi connectivity index (χ3v) is 5.76. The van der Waals surface area contributed by atoms with Gasteiger partial charge >= 0.3 is 11.9 Å². The summed E-state index contributed by atoms with van der Waals surface area (Å²) in [5.74, 6) is -0.565. The normalized spacial score (nSPS) is 15.1. The summed E-state index contributed by atoms with van der Waals surface area (Å²) in [7, 11) is 0. The predicted molar refractivity (Wildman–Crippen MR) is 130 cm³/mol. The van der Waals surface area contributed by atoms with Crippen LogP contribution < -0.4 is 5.32 Å². The van der Waals surface area contributed by atoms with Gasteiger partial charge in [0.05, 0.1) is 12.0 Å². The lowest BCUT2D eigenvalue weighted by Gasteiger charge is -2.45. The predicted octanol–water partition coefficient (Wildman–Crippen LogP) is 5.65. The highest BCUT2D eigenvalue weighted by atomic mass is 16.6. The van der Waals surface area contributed by atoms with Gasteiger partial charge in [-0.25, -0.2) is 4.79 Å². The van der Waals surface area contributed by atoms with E-state index in [9.17, 15) is 9.59 Å². The van der Waals surface area contributed by atoms with Gasteiger partial charge in [-0.15, -0.1) is 0 Å².